The molecule has 0 aliphatic rings. The minimum Gasteiger partial charge on any atom is -0.329 e. The highest BCUT2D eigenvalue weighted by molar-refractivity contribution is 9.10. The Morgan fingerprint density at radius 3 is 2.62 bits per heavy atom. The average Bonchev–Trinajstić information content (AvgIpc) is 2.48. The molecule has 0 spiro atoms. The Hall–Kier alpha value is -1.39. The van der Waals surface area contributed by atoms with Crippen LogP contribution in [0.5, 0.6) is 0 Å². The van der Waals surface area contributed by atoms with Crippen molar-refractivity contribution in [1.29, 1.82) is 0 Å². The predicted molar refractivity (Wildman–Crippen MR) is 93.2 cm³/mol. The normalized spacial score (nSPS) is 10.7. The second-order valence-electron chi connectivity index (χ2n) is 5.21. The van der Waals surface area contributed by atoms with E-state index in [1.54, 1.807) is 0 Å². The molecule has 4 heteroatoms. The van der Waals surface area contributed by atoms with Gasteiger partial charge < -0.3 is 10.2 Å². The van der Waals surface area contributed by atoms with Gasteiger partial charge in [-0.1, -0.05) is 24.6 Å². The molecule has 1 N–H and O–H groups in total. The maximum Gasteiger partial charge on any atom is 0.137 e. The van der Waals surface area contributed by atoms with E-state index < -0.39 is 0 Å². The summed E-state index contributed by atoms with van der Waals surface area (Å²) in [4.78, 5) is 6.73. The molecule has 0 unspecified atom stereocenters. The quantitative estimate of drug-likeness (QED) is 0.784. The van der Waals surface area contributed by atoms with Gasteiger partial charge in [0.2, 0.25) is 0 Å². The first-order valence-electron chi connectivity index (χ1n) is 7.27. The fourth-order valence-electron chi connectivity index (χ4n) is 2.20. The van der Waals surface area contributed by atoms with E-state index in [1.165, 1.54) is 11.1 Å². The van der Waals surface area contributed by atoms with Crippen LogP contribution in [0.25, 0.3) is 0 Å². The third-order valence-corrected chi connectivity index (χ3v) is 3.82. The van der Waals surface area contributed by atoms with Gasteiger partial charge in [-0.05, 0) is 54.0 Å². The van der Waals surface area contributed by atoms with Crippen molar-refractivity contribution >= 4 is 27.4 Å². The number of rotatable bonds is 6. The number of nitrogens with zero attached hydrogens (tertiary/aromatic N) is 2. The van der Waals surface area contributed by atoms with Gasteiger partial charge >= 0.3 is 0 Å². The Labute approximate surface area is 135 Å². The van der Waals surface area contributed by atoms with E-state index in [9.17, 15) is 0 Å². The third-order valence-electron chi connectivity index (χ3n) is 3.39. The van der Waals surface area contributed by atoms with Crippen molar-refractivity contribution in [1.82, 2.24) is 10.3 Å². The molecule has 1 aromatic heterocycles. The van der Waals surface area contributed by atoms with Gasteiger partial charge in [0, 0.05) is 35.5 Å². The molecule has 1 heterocycles. The first-order valence-corrected chi connectivity index (χ1v) is 8.06. The number of pyridine rings is 1. The van der Waals surface area contributed by atoms with Gasteiger partial charge in [-0.15, -0.1) is 0 Å². The molecule has 0 aliphatic heterocycles. The molecular weight excluding hydrogens is 326 g/mol. The van der Waals surface area contributed by atoms with E-state index in [0.717, 1.165) is 35.5 Å². The van der Waals surface area contributed by atoms with Gasteiger partial charge in [0.25, 0.3) is 0 Å². The maximum absolute atomic E-state index is 4.59. The Morgan fingerprint density at radius 2 is 1.95 bits per heavy atom. The summed E-state index contributed by atoms with van der Waals surface area (Å²) < 4.78 is 1.01. The van der Waals surface area contributed by atoms with Crippen molar-refractivity contribution in [3.63, 3.8) is 0 Å². The highest BCUT2D eigenvalue weighted by Gasteiger charge is 2.11. The van der Waals surface area contributed by atoms with Crippen LogP contribution in [0.4, 0.5) is 11.5 Å². The molecule has 21 heavy (non-hydrogen) atoms. The van der Waals surface area contributed by atoms with Crippen molar-refractivity contribution in [2.45, 2.75) is 26.8 Å². The molecule has 2 rings (SSSR count). The summed E-state index contributed by atoms with van der Waals surface area (Å²) in [5.74, 6) is 0.991. The Bertz CT molecular complexity index is 581. The first-order chi connectivity index (χ1) is 10.1. The van der Waals surface area contributed by atoms with E-state index in [1.807, 2.05) is 6.20 Å². The maximum atomic E-state index is 4.59. The van der Waals surface area contributed by atoms with Crippen LogP contribution < -0.4 is 10.2 Å². The van der Waals surface area contributed by atoms with Gasteiger partial charge in [0.15, 0.2) is 0 Å². The van der Waals surface area contributed by atoms with E-state index in [2.05, 4.69) is 82.4 Å². The van der Waals surface area contributed by atoms with Gasteiger partial charge in [-0.3, -0.25) is 0 Å². The molecule has 112 valence electrons. The van der Waals surface area contributed by atoms with Crippen LogP contribution in [0, 0.1) is 6.92 Å². The van der Waals surface area contributed by atoms with Crippen LogP contribution in [0.15, 0.2) is 41.0 Å². The monoisotopic (exact) mass is 347 g/mol. The fraction of sp³-hybridized carbons (Fsp3) is 0.353. The number of nitrogens with one attached hydrogen (secondary N) is 1. The van der Waals surface area contributed by atoms with Gasteiger partial charge in [-0.25, -0.2) is 4.98 Å². The largest absolute Gasteiger partial charge is 0.329 e. The molecular formula is C17H22BrN3. The summed E-state index contributed by atoms with van der Waals surface area (Å²) in [6.07, 6.45) is 2.98. The Balaban J connectivity index is 2.26. The van der Waals surface area contributed by atoms with Crippen LogP contribution in [0.1, 0.15) is 24.5 Å². The number of benzene rings is 1. The summed E-state index contributed by atoms with van der Waals surface area (Å²) in [6, 6.07) is 10.6. The van der Waals surface area contributed by atoms with Crippen LogP contribution >= 0.6 is 15.9 Å². The molecule has 0 radical (unpaired) electrons. The third kappa shape index (κ3) is 4.29. The summed E-state index contributed by atoms with van der Waals surface area (Å²) in [5, 5.41) is 3.45. The van der Waals surface area contributed by atoms with Crippen molar-refractivity contribution in [3.8, 4) is 0 Å². The molecule has 0 aliphatic carbocycles. The van der Waals surface area contributed by atoms with Crippen LogP contribution in [0.3, 0.4) is 0 Å². The van der Waals surface area contributed by atoms with Crippen LogP contribution in [-0.2, 0) is 6.54 Å². The topological polar surface area (TPSA) is 28.2 Å². The zero-order chi connectivity index (χ0) is 15.2. The number of hydrogen-bond donors (Lipinski definition) is 1. The summed E-state index contributed by atoms with van der Waals surface area (Å²) in [7, 11) is 2.06. The highest BCUT2D eigenvalue weighted by atomic mass is 79.9. The number of aryl methyl sites for hydroxylation is 1. The molecule has 0 amide bonds. The van der Waals surface area contributed by atoms with Gasteiger partial charge in [0.1, 0.15) is 5.82 Å². The molecule has 1 aromatic carbocycles. The van der Waals surface area contributed by atoms with E-state index in [0.29, 0.717) is 0 Å². The highest BCUT2D eigenvalue weighted by Crippen LogP contribution is 2.27. The summed E-state index contributed by atoms with van der Waals surface area (Å²) in [5.41, 5.74) is 3.61. The smallest absolute Gasteiger partial charge is 0.137 e. The molecule has 0 atom stereocenters. The summed E-state index contributed by atoms with van der Waals surface area (Å²) >= 11 is 3.51. The van der Waals surface area contributed by atoms with Crippen molar-refractivity contribution in [2.24, 2.45) is 0 Å². The fourth-order valence-corrected chi connectivity index (χ4v) is 2.58. The zero-order valence-corrected chi connectivity index (χ0v) is 14.4. The van der Waals surface area contributed by atoms with Gasteiger partial charge in [-0.2, -0.15) is 0 Å². The lowest BCUT2D eigenvalue weighted by molar-refractivity contribution is 0.673. The molecule has 0 saturated heterocycles. The van der Waals surface area contributed by atoms with E-state index in [4.69, 9.17) is 0 Å². The summed E-state index contributed by atoms with van der Waals surface area (Å²) in [6.45, 7) is 6.11. The first kappa shape index (κ1) is 16.0. The molecule has 2 aromatic rings. The number of anilines is 2. The Morgan fingerprint density at radius 1 is 1.24 bits per heavy atom. The average molecular weight is 348 g/mol. The van der Waals surface area contributed by atoms with E-state index >= 15 is 0 Å². The molecule has 0 saturated carbocycles. The standard InChI is InChI=1S/C17H22BrN3/c1-4-9-19-11-14-10-15(18)12-20-17(14)21(3)16-7-5-13(2)6-8-16/h5-8,10,12,19H,4,9,11H2,1-3H3. The lowest BCUT2D eigenvalue weighted by atomic mass is 10.2. The number of aromatic nitrogens is 1. The Kier molecular flexibility index (Phi) is 5.76. The molecule has 3 nitrogen and oxygen atoms in total. The number of hydrogen-bond acceptors (Lipinski definition) is 3. The van der Waals surface area contributed by atoms with Gasteiger partial charge in [0.05, 0.1) is 0 Å². The SMILES string of the molecule is CCCNCc1cc(Br)cnc1N(C)c1ccc(C)cc1. The minimum absolute atomic E-state index is 0.825. The number of halogens is 1. The van der Waals surface area contributed by atoms with Crippen molar-refractivity contribution in [3.05, 3.63) is 52.1 Å². The molecule has 0 fully saturated rings. The second-order valence-corrected chi connectivity index (χ2v) is 6.12. The lowest BCUT2D eigenvalue weighted by Gasteiger charge is -2.22. The lowest BCUT2D eigenvalue weighted by Crippen LogP contribution is -2.19. The zero-order valence-electron chi connectivity index (χ0n) is 12.9. The van der Waals surface area contributed by atoms with Crippen molar-refractivity contribution < 1.29 is 0 Å². The van der Waals surface area contributed by atoms with Crippen LogP contribution in [0.2, 0.25) is 0 Å². The van der Waals surface area contributed by atoms with E-state index in [-0.39, 0.29) is 0 Å². The molecule has 0 bridgehead atoms. The second kappa shape index (κ2) is 7.57. The van der Waals surface area contributed by atoms with Crippen molar-refractivity contribution in [2.75, 3.05) is 18.5 Å². The predicted octanol–water partition coefficient (Wildman–Crippen LogP) is 4.42. The van der Waals surface area contributed by atoms with Crippen LogP contribution in [-0.4, -0.2) is 18.6 Å². The minimum atomic E-state index is 0.825.